The van der Waals surface area contributed by atoms with Gasteiger partial charge in [-0.1, -0.05) is 24.3 Å². The van der Waals surface area contributed by atoms with Gasteiger partial charge in [-0.05, 0) is 48.4 Å². The lowest BCUT2D eigenvalue weighted by molar-refractivity contribution is -0.130. The Morgan fingerprint density at radius 2 is 2.00 bits per heavy atom. The molecule has 0 aliphatic heterocycles. The van der Waals surface area contributed by atoms with Crippen LogP contribution in [0.1, 0.15) is 18.1 Å². The molecule has 0 aromatic heterocycles. The van der Waals surface area contributed by atoms with Gasteiger partial charge >= 0.3 is 5.97 Å². The first-order valence-corrected chi connectivity index (χ1v) is 6.54. The minimum atomic E-state index is -1.08. The van der Waals surface area contributed by atoms with Crippen molar-refractivity contribution >= 4 is 17.6 Å². The molecule has 2 aromatic rings. The molecule has 0 bridgehead atoms. The van der Waals surface area contributed by atoms with Crippen LogP contribution in [0.25, 0.3) is 11.6 Å². The highest BCUT2D eigenvalue weighted by Gasteiger charge is 2.11. The van der Waals surface area contributed by atoms with E-state index in [1.807, 2.05) is 6.92 Å². The third kappa shape index (κ3) is 3.92. The molecule has 0 saturated heterocycles. The van der Waals surface area contributed by atoms with Gasteiger partial charge in [-0.25, -0.2) is 9.18 Å². The van der Waals surface area contributed by atoms with E-state index in [1.54, 1.807) is 30.3 Å². The Kier molecular flexibility index (Phi) is 4.72. The lowest BCUT2D eigenvalue weighted by Crippen LogP contribution is -2.00. The molecule has 0 unspecified atom stereocenters. The normalized spacial score (nSPS) is 11.2. The minimum Gasteiger partial charge on any atom is -0.494 e. The third-order valence-electron chi connectivity index (χ3n) is 2.85. The van der Waals surface area contributed by atoms with Crippen LogP contribution < -0.4 is 4.74 Å². The molecule has 0 amide bonds. The van der Waals surface area contributed by atoms with Crippen molar-refractivity contribution in [2.24, 2.45) is 0 Å². The number of hydrogen-bond acceptors (Lipinski definition) is 2. The molecule has 4 heteroatoms. The van der Waals surface area contributed by atoms with Gasteiger partial charge in [0, 0.05) is 0 Å². The number of ether oxygens (including phenoxy) is 1. The number of carboxylic acids is 1. The van der Waals surface area contributed by atoms with Crippen LogP contribution >= 0.6 is 0 Å². The summed E-state index contributed by atoms with van der Waals surface area (Å²) in [5, 5.41) is 9.38. The number of benzene rings is 2. The summed E-state index contributed by atoms with van der Waals surface area (Å²) in [6, 6.07) is 12.6. The second-order valence-electron chi connectivity index (χ2n) is 4.38. The molecule has 0 atom stereocenters. The number of carboxylic acid groups (broad SMARTS) is 1. The van der Waals surface area contributed by atoms with E-state index in [1.165, 1.54) is 24.3 Å². The van der Waals surface area contributed by atoms with E-state index in [2.05, 4.69) is 0 Å². The van der Waals surface area contributed by atoms with Crippen molar-refractivity contribution < 1.29 is 19.0 Å². The van der Waals surface area contributed by atoms with Crippen LogP contribution in [0.15, 0.2) is 48.5 Å². The molecule has 0 saturated carbocycles. The lowest BCUT2D eigenvalue weighted by Gasteiger charge is -2.07. The van der Waals surface area contributed by atoms with E-state index in [-0.39, 0.29) is 5.57 Å². The van der Waals surface area contributed by atoms with Crippen molar-refractivity contribution in [2.75, 3.05) is 6.61 Å². The van der Waals surface area contributed by atoms with Crippen LogP contribution in [0, 0.1) is 5.82 Å². The Bertz CT molecular complexity index is 677. The number of halogens is 1. The molecule has 0 spiro atoms. The Morgan fingerprint density at radius 1 is 1.24 bits per heavy atom. The third-order valence-corrected chi connectivity index (χ3v) is 2.85. The molecular formula is C17H15FO3. The first kappa shape index (κ1) is 14.8. The van der Waals surface area contributed by atoms with E-state index in [0.29, 0.717) is 23.5 Å². The molecule has 3 nitrogen and oxygen atoms in total. The Morgan fingerprint density at radius 3 is 2.67 bits per heavy atom. The highest BCUT2D eigenvalue weighted by atomic mass is 19.1. The van der Waals surface area contributed by atoms with Gasteiger partial charge in [-0.15, -0.1) is 0 Å². The van der Waals surface area contributed by atoms with Gasteiger partial charge in [-0.2, -0.15) is 0 Å². The second-order valence-corrected chi connectivity index (χ2v) is 4.38. The van der Waals surface area contributed by atoms with Crippen molar-refractivity contribution in [1.82, 2.24) is 0 Å². The van der Waals surface area contributed by atoms with Crippen LogP contribution in [-0.2, 0) is 4.79 Å². The fraction of sp³-hybridized carbons (Fsp3) is 0.118. The first-order chi connectivity index (χ1) is 10.1. The molecule has 2 aromatic carbocycles. The van der Waals surface area contributed by atoms with Crippen molar-refractivity contribution in [1.29, 1.82) is 0 Å². The summed E-state index contributed by atoms with van der Waals surface area (Å²) in [5.41, 5.74) is 1.09. The summed E-state index contributed by atoms with van der Waals surface area (Å²) in [5.74, 6) is -0.883. The van der Waals surface area contributed by atoms with E-state index < -0.39 is 11.8 Å². The molecule has 0 aliphatic rings. The van der Waals surface area contributed by atoms with E-state index in [9.17, 15) is 14.3 Å². The largest absolute Gasteiger partial charge is 0.494 e. The molecule has 2 rings (SSSR count). The van der Waals surface area contributed by atoms with Crippen molar-refractivity contribution in [3.05, 3.63) is 65.5 Å². The van der Waals surface area contributed by atoms with Gasteiger partial charge in [0.05, 0.1) is 12.2 Å². The van der Waals surface area contributed by atoms with E-state index in [0.717, 1.165) is 0 Å². The topological polar surface area (TPSA) is 46.5 Å². The Balaban J connectivity index is 2.44. The molecule has 0 heterocycles. The molecule has 0 radical (unpaired) electrons. The molecule has 0 aliphatic carbocycles. The average molecular weight is 286 g/mol. The van der Waals surface area contributed by atoms with Gasteiger partial charge in [0.2, 0.25) is 0 Å². The molecule has 21 heavy (non-hydrogen) atoms. The van der Waals surface area contributed by atoms with Crippen molar-refractivity contribution in [3.8, 4) is 5.75 Å². The monoisotopic (exact) mass is 286 g/mol. The maximum absolute atomic E-state index is 13.2. The average Bonchev–Trinajstić information content (AvgIpc) is 2.45. The number of aliphatic carboxylic acids is 1. The van der Waals surface area contributed by atoms with E-state index >= 15 is 0 Å². The summed E-state index contributed by atoms with van der Waals surface area (Å²) >= 11 is 0. The first-order valence-electron chi connectivity index (χ1n) is 6.54. The fourth-order valence-electron chi connectivity index (χ4n) is 1.95. The molecule has 0 fully saturated rings. The summed E-state index contributed by atoms with van der Waals surface area (Å²) in [6.07, 6.45) is 1.44. The zero-order chi connectivity index (χ0) is 15.2. The number of hydrogen-bond donors (Lipinski definition) is 1. The smallest absolute Gasteiger partial charge is 0.336 e. The van der Waals surface area contributed by atoms with Crippen LogP contribution in [-0.4, -0.2) is 17.7 Å². The fourth-order valence-corrected chi connectivity index (χ4v) is 1.95. The molecular weight excluding hydrogens is 271 g/mol. The highest BCUT2D eigenvalue weighted by molar-refractivity contribution is 6.20. The quantitative estimate of drug-likeness (QED) is 0.671. The molecule has 108 valence electrons. The van der Waals surface area contributed by atoms with Crippen LogP contribution in [0.5, 0.6) is 5.75 Å². The second kappa shape index (κ2) is 6.70. The summed E-state index contributed by atoms with van der Waals surface area (Å²) in [4.78, 5) is 11.5. The molecule has 1 N–H and O–H groups in total. The van der Waals surface area contributed by atoms with Crippen LogP contribution in [0.4, 0.5) is 4.39 Å². The van der Waals surface area contributed by atoms with Gasteiger partial charge in [0.25, 0.3) is 0 Å². The van der Waals surface area contributed by atoms with Crippen molar-refractivity contribution in [3.63, 3.8) is 0 Å². The van der Waals surface area contributed by atoms with Crippen LogP contribution in [0.2, 0.25) is 0 Å². The SMILES string of the molecule is CCOc1cccc(/C(=C/c2cccc(F)c2)C(=O)O)c1. The standard InChI is InChI=1S/C17H15FO3/c1-2-21-15-8-4-6-13(11-15)16(17(19)20)10-12-5-3-7-14(18)9-12/h3-11H,2H2,1H3,(H,19,20)/b16-10-. The maximum atomic E-state index is 13.2. The summed E-state index contributed by atoms with van der Waals surface area (Å²) in [7, 11) is 0. The minimum absolute atomic E-state index is 0.0853. The van der Waals surface area contributed by atoms with Gasteiger partial charge in [-0.3, -0.25) is 0 Å². The van der Waals surface area contributed by atoms with Crippen molar-refractivity contribution in [2.45, 2.75) is 6.92 Å². The summed E-state index contributed by atoms with van der Waals surface area (Å²) in [6.45, 7) is 2.35. The van der Waals surface area contributed by atoms with E-state index in [4.69, 9.17) is 4.74 Å². The Labute approximate surface area is 122 Å². The Hall–Kier alpha value is -2.62. The maximum Gasteiger partial charge on any atom is 0.336 e. The van der Waals surface area contributed by atoms with Crippen LogP contribution in [0.3, 0.4) is 0 Å². The zero-order valence-electron chi connectivity index (χ0n) is 11.5. The number of rotatable bonds is 5. The predicted molar refractivity (Wildman–Crippen MR) is 79.5 cm³/mol. The zero-order valence-corrected chi connectivity index (χ0v) is 11.5. The summed E-state index contributed by atoms with van der Waals surface area (Å²) < 4.78 is 18.6. The highest BCUT2D eigenvalue weighted by Crippen LogP contribution is 2.23. The predicted octanol–water partition coefficient (Wildman–Crippen LogP) is 3.85. The van der Waals surface area contributed by atoms with Gasteiger partial charge < -0.3 is 9.84 Å². The lowest BCUT2D eigenvalue weighted by atomic mass is 10.0. The van der Waals surface area contributed by atoms with Gasteiger partial charge in [0.15, 0.2) is 0 Å². The van der Waals surface area contributed by atoms with Gasteiger partial charge in [0.1, 0.15) is 11.6 Å². The number of carbonyl (C=O) groups is 1.